The third-order valence-corrected chi connectivity index (χ3v) is 8.15. The van der Waals surface area contributed by atoms with Gasteiger partial charge in [0.1, 0.15) is 0 Å². The number of aromatic nitrogens is 1. The number of likely N-dealkylation sites (N-methyl/N-ethyl adjacent to an activating group) is 1. The van der Waals surface area contributed by atoms with Crippen LogP contribution in [-0.2, 0) is 6.54 Å². The Kier molecular flexibility index (Phi) is 6.82. The van der Waals surface area contributed by atoms with Crippen molar-refractivity contribution in [2.45, 2.75) is 50.8 Å². The van der Waals surface area contributed by atoms with Crippen LogP contribution in [0, 0.1) is 0 Å². The van der Waals surface area contributed by atoms with Crippen molar-refractivity contribution in [1.29, 1.82) is 0 Å². The van der Waals surface area contributed by atoms with Crippen LogP contribution in [-0.4, -0.2) is 40.3 Å². The third-order valence-electron chi connectivity index (χ3n) is 8.15. The molecule has 1 unspecified atom stereocenters. The van der Waals surface area contributed by atoms with E-state index in [0.717, 1.165) is 0 Å². The fraction of sp³-hybridized carbons (Fsp3) is 0.294. The molecule has 1 atom stereocenters. The van der Waals surface area contributed by atoms with E-state index in [9.17, 15) is 5.11 Å². The van der Waals surface area contributed by atoms with Crippen molar-refractivity contribution in [1.82, 2.24) is 9.47 Å². The maximum Gasteiger partial charge on any atom is 0.0845 e. The van der Waals surface area contributed by atoms with Crippen molar-refractivity contribution in [3.8, 4) is 22.4 Å². The predicted octanol–water partition coefficient (Wildman–Crippen LogP) is 7.75. The Bertz CT molecular complexity index is 1480. The van der Waals surface area contributed by atoms with Crippen molar-refractivity contribution < 1.29 is 5.11 Å². The minimum atomic E-state index is -0.465. The number of hydrogen-bond donors (Lipinski definition) is 1. The van der Waals surface area contributed by atoms with Crippen LogP contribution in [0.1, 0.15) is 32.1 Å². The zero-order chi connectivity index (χ0) is 25.2. The molecule has 0 saturated heterocycles. The van der Waals surface area contributed by atoms with Gasteiger partial charge in [0, 0.05) is 28.9 Å². The van der Waals surface area contributed by atoms with Gasteiger partial charge in [-0.2, -0.15) is 0 Å². The lowest BCUT2D eigenvalue weighted by molar-refractivity contribution is 0.0811. The number of nitrogens with zero attached hydrogens (tertiary/aromatic N) is 2. The zero-order valence-electron chi connectivity index (χ0n) is 21.7. The molecule has 5 aromatic rings. The molecule has 0 spiro atoms. The molecule has 1 aromatic heterocycles. The Hall–Kier alpha value is -3.40. The number of rotatable bonds is 7. The lowest BCUT2D eigenvalue weighted by Gasteiger charge is -2.32. The average molecular weight is 489 g/mol. The maximum atomic E-state index is 11.5. The summed E-state index contributed by atoms with van der Waals surface area (Å²) >= 11 is 0. The molecule has 3 heteroatoms. The molecule has 1 heterocycles. The minimum absolute atomic E-state index is 0.465. The molecule has 1 aliphatic carbocycles. The standard InChI is InChI=1S/C34H36N2O/c1-35(28-18-9-4-10-19-28)23-29(37)24-36-33(27-16-7-3-8-17-27)32(26-14-5-2-6-15-26)31-22-21-25-13-11-12-20-30(25)34(31)36/h2-3,5-8,11-17,20-22,28-29,37H,4,9-10,18-19,23-24H2,1H3. The zero-order valence-corrected chi connectivity index (χ0v) is 21.7. The summed E-state index contributed by atoms with van der Waals surface area (Å²) in [6.07, 6.45) is 5.97. The largest absolute Gasteiger partial charge is 0.390 e. The van der Waals surface area contributed by atoms with Crippen molar-refractivity contribution in [3.63, 3.8) is 0 Å². The van der Waals surface area contributed by atoms with Crippen LogP contribution in [0.15, 0.2) is 97.1 Å². The van der Waals surface area contributed by atoms with Crippen LogP contribution >= 0.6 is 0 Å². The molecule has 1 saturated carbocycles. The van der Waals surface area contributed by atoms with E-state index in [-0.39, 0.29) is 0 Å². The van der Waals surface area contributed by atoms with E-state index in [1.165, 1.54) is 76.2 Å². The molecular weight excluding hydrogens is 452 g/mol. The molecule has 37 heavy (non-hydrogen) atoms. The molecule has 0 amide bonds. The smallest absolute Gasteiger partial charge is 0.0845 e. The first kappa shape index (κ1) is 24.0. The summed E-state index contributed by atoms with van der Waals surface area (Å²) in [7, 11) is 2.19. The Morgan fingerprint density at radius 1 is 0.757 bits per heavy atom. The molecule has 1 N–H and O–H groups in total. The molecule has 4 aromatic carbocycles. The quantitative estimate of drug-likeness (QED) is 0.254. The lowest BCUT2D eigenvalue weighted by Crippen LogP contribution is -2.40. The van der Waals surface area contributed by atoms with Crippen LogP contribution in [0.5, 0.6) is 0 Å². The van der Waals surface area contributed by atoms with Gasteiger partial charge in [0.25, 0.3) is 0 Å². The highest BCUT2D eigenvalue weighted by Crippen LogP contribution is 2.43. The highest BCUT2D eigenvalue weighted by Gasteiger charge is 2.25. The molecule has 0 aliphatic heterocycles. The van der Waals surface area contributed by atoms with E-state index in [1.54, 1.807) is 0 Å². The summed E-state index contributed by atoms with van der Waals surface area (Å²) in [5.41, 5.74) is 6.00. The number of hydrogen-bond acceptors (Lipinski definition) is 2. The fourth-order valence-corrected chi connectivity index (χ4v) is 6.37. The number of aliphatic hydroxyl groups is 1. The topological polar surface area (TPSA) is 28.4 Å². The highest BCUT2D eigenvalue weighted by atomic mass is 16.3. The van der Waals surface area contributed by atoms with E-state index in [2.05, 4.69) is 114 Å². The second kappa shape index (κ2) is 10.5. The van der Waals surface area contributed by atoms with Gasteiger partial charge in [-0.15, -0.1) is 0 Å². The molecule has 3 nitrogen and oxygen atoms in total. The van der Waals surface area contributed by atoms with Gasteiger partial charge < -0.3 is 14.6 Å². The SMILES string of the molecule is CN(CC(O)Cn1c(-c2ccccc2)c(-c2ccccc2)c2ccc3ccccc3c21)C1CCCCC1. The average Bonchev–Trinajstić information content (AvgIpc) is 3.28. The van der Waals surface area contributed by atoms with E-state index >= 15 is 0 Å². The molecule has 1 fully saturated rings. The van der Waals surface area contributed by atoms with Gasteiger partial charge in [0.15, 0.2) is 0 Å². The van der Waals surface area contributed by atoms with Crippen molar-refractivity contribution >= 4 is 21.7 Å². The van der Waals surface area contributed by atoms with Gasteiger partial charge >= 0.3 is 0 Å². The third kappa shape index (κ3) is 4.70. The number of fused-ring (bicyclic) bond motifs is 3. The maximum absolute atomic E-state index is 11.5. The summed E-state index contributed by atoms with van der Waals surface area (Å²) in [5.74, 6) is 0. The van der Waals surface area contributed by atoms with E-state index < -0.39 is 6.10 Å². The van der Waals surface area contributed by atoms with Gasteiger partial charge in [-0.25, -0.2) is 0 Å². The van der Waals surface area contributed by atoms with Crippen LogP contribution in [0.3, 0.4) is 0 Å². The molecule has 0 bridgehead atoms. The van der Waals surface area contributed by atoms with Crippen molar-refractivity contribution in [2.24, 2.45) is 0 Å². The Morgan fingerprint density at radius 3 is 2.14 bits per heavy atom. The van der Waals surface area contributed by atoms with Gasteiger partial charge in [0.05, 0.1) is 23.9 Å². The first-order chi connectivity index (χ1) is 18.2. The van der Waals surface area contributed by atoms with Crippen LogP contribution in [0.4, 0.5) is 0 Å². The summed E-state index contributed by atoms with van der Waals surface area (Å²) in [6.45, 7) is 1.24. The van der Waals surface area contributed by atoms with Crippen molar-refractivity contribution in [3.05, 3.63) is 97.1 Å². The summed E-state index contributed by atoms with van der Waals surface area (Å²) < 4.78 is 2.40. The van der Waals surface area contributed by atoms with Crippen molar-refractivity contribution in [2.75, 3.05) is 13.6 Å². The van der Waals surface area contributed by atoms with Gasteiger partial charge in [-0.1, -0.05) is 116 Å². The first-order valence-electron chi connectivity index (χ1n) is 13.7. The normalized spacial score (nSPS) is 15.5. The van der Waals surface area contributed by atoms with Crippen LogP contribution < -0.4 is 0 Å². The molecule has 1 aliphatic rings. The Balaban J connectivity index is 1.53. The summed E-state index contributed by atoms with van der Waals surface area (Å²) in [5, 5.41) is 15.2. The van der Waals surface area contributed by atoms with Crippen LogP contribution in [0.2, 0.25) is 0 Å². The second-order valence-corrected chi connectivity index (χ2v) is 10.6. The van der Waals surface area contributed by atoms with Gasteiger partial charge in [0.2, 0.25) is 0 Å². The Morgan fingerprint density at radius 2 is 1.41 bits per heavy atom. The molecular formula is C34H36N2O. The molecule has 6 rings (SSSR count). The minimum Gasteiger partial charge on any atom is -0.390 e. The summed E-state index contributed by atoms with van der Waals surface area (Å²) in [4.78, 5) is 2.40. The molecule has 0 radical (unpaired) electrons. The summed E-state index contributed by atoms with van der Waals surface area (Å²) in [6, 6.07) is 35.1. The number of benzene rings is 4. The van der Waals surface area contributed by atoms with E-state index in [1.807, 2.05) is 0 Å². The predicted molar refractivity (Wildman–Crippen MR) is 156 cm³/mol. The van der Waals surface area contributed by atoms with Gasteiger partial charge in [-0.05, 0) is 36.4 Å². The monoisotopic (exact) mass is 488 g/mol. The number of aliphatic hydroxyl groups excluding tert-OH is 1. The van der Waals surface area contributed by atoms with Crippen LogP contribution in [0.25, 0.3) is 44.1 Å². The fourth-order valence-electron chi connectivity index (χ4n) is 6.37. The van der Waals surface area contributed by atoms with Gasteiger partial charge in [-0.3, -0.25) is 0 Å². The molecule has 188 valence electrons. The Labute approximate surface area is 220 Å². The van der Waals surface area contributed by atoms with E-state index in [4.69, 9.17) is 0 Å². The first-order valence-corrected chi connectivity index (χ1v) is 13.7. The highest BCUT2D eigenvalue weighted by molar-refractivity contribution is 6.15. The lowest BCUT2D eigenvalue weighted by atomic mass is 9.94. The second-order valence-electron chi connectivity index (χ2n) is 10.6. The van der Waals surface area contributed by atoms with E-state index in [0.29, 0.717) is 19.1 Å².